The molecule has 1 spiro atoms. The van der Waals surface area contributed by atoms with Crippen LogP contribution in [0.15, 0.2) is 12.1 Å². The van der Waals surface area contributed by atoms with Crippen molar-refractivity contribution in [1.82, 2.24) is 10.2 Å². The third kappa shape index (κ3) is 3.64. The number of fused-ring (bicyclic) bond motifs is 3. The zero-order valence-electron chi connectivity index (χ0n) is 16.4. The van der Waals surface area contributed by atoms with E-state index in [-0.39, 0.29) is 29.8 Å². The first-order valence-electron chi connectivity index (χ1n) is 10.0. The number of nitrogens with zero attached hydrogens (tertiary/aromatic N) is 1. The van der Waals surface area contributed by atoms with Crippen molar-refractivity contribution in [3.05, 3.63) is 23.3 Å². The Kier molecular flexibility index (Phi) is 6.21. The molecule has 1 unspecified atom stereocenters. The zero-order chi connectivity index (χ0) is 18.1. The number of benzene rings is 1. The van der Waals surface area contributed by atoms with E-state index in [2.05, 4.69) is 29.3 Å². The molecule has 0 radical (unpaired) electrons. The van der Waals surface area contributed by atoms with Gasteiger partial charge in [0.2, 0.25) is 5.91 Å². The molecular formula is C21H31ClN2O3. The minimum absolute atomic E-state index is 0. The van der Waals surface area contributed by atoms with Gasteiger partial charge in [-0.3, -0.25) is 4.79 Å². The van der Waals surface area contributed by atoms with Crippen molar-refractivity contribution in [2.45, 2.75) is 56.9 Å². The molecule has 0 bridgehead atoms. The summed E-state index contributed by atoms with van der Waals surface area (Å²) in [7, 11) is 1.93. The highest BCUT2D eigenvalue weighted by atomic mass is 35.5. The average molecular weight is 395 g/mol. The van der Waals surface area contributed by atoms with E-state index in [1.54, 1.807) is 0 Å². The Morgan fingerprint density at radius 2 is 1.89 bits per heavy atom. The molecule has 4 rings (SSSR count). The maximum Gasteiger partial charge on any atom is 0.223 e. The summed E-state index contributed by atoms with van der Waals surface area (Å²) in [6.07, 6.45) is 6.30. The van der Waals surface area contributed by atoms with Crippen molar-refractivity contribution in [3.8, 4) is 11.5 Å². The molecule has 2 aliphatic heterocycles. The summed E-state index contributed by atoms with van der Waals surface area (Å²) in [6.45, 7) is 5.10. The lowest BCUT2D eigenvalue weighted by atomic mass is 9.71. The van der Waals surface area contributed by atoms with E-state index in [1.165, 1.54) is 24.0 Å². The van der Waals surface area contributed by atoms with Crippen LogP contribution in [0, 0.1) is 0 Å². The van der Waals surface area contributed by atoms with Crippen molar-refractivity contribution in [3.63, 3.8) is 0 Å². The van der Waals surface area contributed by atoms with Crippen LogP contribution in [0.5, 0.6) is 11.5 Å². The first kappa shape index (κ1) is 20.3. The fourth-order valence-corrected chi connectivity index (χ4v) is 4.97. The van der Waals surface area contributed by atoms with E-state index in [1.807, 2.05) is 7.05 Å². The molecule has 1 aromatic rings. The van der Waals surface area contributed by atoms with Gasteiger partial charge in [-0.1, -0.05) is 12.8 Å². The molecular weight excluding hydrogens is 364 g/mol. The molecule has 1 amide bonds. The normalized spacial score (nSPS) is 22.3. The number of rotatable bonds is 4. The molecule has 1 atom stereocenters. The van der Waals surface area contributed by atoms with Crippen molar-refractivity contribution in [2.24, 2.45) is 0 Å². The number of amides is 1. The van der Waals surface area contributed by atoms with Gasteiger partial charge in [0.25, 0.3) is 0 Å². The van der Waals surface area contributed by atoms with Gasteiger partial charge in [0.15, 0.2) is 11.5 Å². The highest BCUT2D eigenvalue weighted by Gasteiger charge is 2.46. The minimum Gasteiger partial charge on any atom is -0.486 e. The van der Waals surface area contributed by atoms with E-state index in [4.69, 9.17) is 9.47 Å². The molecule has 1 aromatic carbocycles. The van der Waals surface area contributed by atoms with Crippen LogP contribution in [0.4, 0.5) is 0 Å². The van der Waals surface area contributed by atoms with Crippen LogP contribution in [0.3, 0.4) is 0 Å². The van der Waals surface area contributed by atoms with Gasteiger partial charge in [-0.25, -0.2) is 0 Å². The highest BCUT2D eigenvalue weighted by Crippen LogP contribution is 2.52. The van der Waals surface area contributed by atoms with Gasteiger partial charge >= 0.3 is 0 Å². The minimum atomic E-state index is 0. The molecule has 6 heteroatoms. The summed E-state index contributed by atoms with van der Waals surface area (Å²) >= 11 is 0. The molecule has 2 heterocycles. The molecule has 0 saturated heterocycles. The lowest BCUT2D eigenvalue weighted by molar-refractivity contribution is -0.135. The van der Waals surface area contributed by atoms with Gasteiger partial charge in [0.1, 0.15) is 13.2 Å². The average Bonchev–Trinajstić information content (AvgIpc) is 3.13. The van der Waals surface area contributed by atoms with Gasteiger partial charge in [0, 0.05) is 18.4 Å². The van der Waals surface area contributed by atoms with Gasteiger partial charge in [-0.15, -0.1) is 12.4 Å². The zero-order valence-corrected chi connectivity index (χ0v) is 17.2. The Morgan fingerprint density at radius 3 is 2.56 bits per heavy atom. The molecule has 1 saturated carbocycles. The number of hydrogen-bond donors (Lipinski definition) is 1. The third-order valence-corrected chi connectivity index (χ3v) is 6.37. The number of carbonyl (C=O) groups excluding carboxylic acids is 1. The van der Waals surface area contributed by atoms with Crippen LogP contribution in [-0.4, -0.2) is 44.2 Å². The topological polar surface area (TPSA) is 50.8 Å². The summed E-state index contributed by atoms with van der Waals surface area (Å²) in [6, 6.07) is 4.45. The van der Waals surface area contributed by atoms with E-state index in [0.29, 0.717) is 19.6 Å². The number of carbonyl (C=O) groups is 1. The SMILES string of the molecule is CNCCCC(=O)N1CC2(CCCC2)c2cc3c(cc2C1C)OCCO3.Cl. The first-order valence-corrected chi connectivity index (χ1v) is 10.0. The van der Waals surface area contributed by atoms with E-state index < -0.39 is 0 Å². The second kappa shape index (κ2) is 8.27. The second-order valence-corrected chi connectivity index (χ2v) is 7.98. The van der Waals surface area contributed by atoms with Crippen LogP contribution in [0.25, 0.3) is 0 Å². The predicted octanol–water partition coefficient (Wildman–Crippen LogP) is 3.59. The van der Waals surface area contributed by atoms with Gasteiger partial charge in [-0.2, -0.15) is 0 Å². The van der Waals surface area contributed by atoms with Gasteiger partial charge in [0.05, 0.1) is 6.04 Å². The highest BCUT2D eigenvalue weighted by molar-refractivity contribution is 5.85. The van der Waals surface area contributed by atoms with Gasteiger partial charge in [-0.05, 0) is 63.0 Å². The Hall–Kier alpha value is -1.46. The Morgan fingerprint density at radius 1 is 1.22 bits per heavy atom. The van der Waals surface area contributed by atoms with Crippen molar-refractivity contribution < 1.29 is 14.3 Å². The maximum absolute atomic E-state index is 13.0. The fraction of sp³-hybridized carbons (Fsp3) is 0.667. The number of ether oxygens (including phenoxy) is 2. The molecule has 1 fully saturated rings. The number of halogens is 1. The Bertz CT molecular complexity index is 688. The van der Waals surface area contributed by atoms with Crippen LogP contribution < -0.4 is 14.8 Å². The monoisotopic (exact) mass is 394 g/mol. The summed E-state index contributed by atoms with van der Waals surface area (Å²) in [4.78, 5) is 15.1. The molecule has 0 aromatic heterocycles. The molecule has 1 aliphatic carbocycles. The number of hydrogen-bond acceptors (Lipinski definition) is 4. The lowest BCUT2D eigenvalue weighted by Gasteiger charge is -2.46. The Labute approximate surface area is 168 Å². The van der Waals surface area contributed by atoms with Crippen molar-refractivity contribution in [2.75, 3.05) is 33.4 Å². The quantitative estimate of drug-likeness (QED) is 0.793. The van der Waals surface area contributed by atoms with Gasteiger partial charge < -0.3 is 19.7 Å². The van der Waals surface area contributed by atoms with E-state index >= 15 is 0 Å². The number of nitrogens with one attached hydrogen (secondary N) is 1. The Balaban J connectivity index is 0.00000210. The predicted molar refractivity (Wildman–Crippen MR) is 108 cm³/mol. The van der Waals surface area contributed by atoms with Crippen LogP contribution >= 0.6 is 12.4 Å². The molecule has 27 heavy (non-hydrogen) atoms. The van der Waals surface area contributed by atoms with Crippen LogP contribution in [-0.2, 0) is 10.2 Å². The largest absolute Gasteiger partial charge is 0.486 e. The first-order chi connectivity index (χ1) is 12.6. The molecule has 150 valence electrons. The van der Waals surface area contributed by atoms with E-state index in [0.717, 1.165) is 43.9 Å². The van der Waals surface area contributed by atoms with Crippen molar-refractivity contribution in [1.29, 1.82) is 0 Å². The summed E-state index contributed by atoms with van der Waals surface area (Å²) in [5.41, 5.74) is 2.74. The summed E-state index contributed by atoms with van der Waals surface area (Å²) in [5, 5.41) is 3.13. The second-order valence-electron chi connectivity index (χ2n) is 7.98. The van der Waals surface area contributed by atoms with Crippen LogP contribution in [0.1, 0.15) is 62.6 Å². The van der Waals surface area contributed by atoms with Crippen LogP contribution in [0.2, 0.25) is 0 Å². The standard InChI is InChI=1S/C21H30N2O3.ClH/c1-15-16-12-18-19(26-11-10-25-18)13-17(16)21(7-3-4-8-21)14-23(15)20(24)6-5-9-22-2;/h12-13,15,22H,3-11,14H2,1-2H3;1H. The maximum atomic E-state index is 13.0. The smallest absolute Gasteiger partial charge is 0.223 e. The summed E-state index contributed by atoms with van der Waals surface area (Å²) in [5.74, 6) is 1.99. The lowest BCUT2D eigenvalue weighted by Crippen LogP contribution is -2.48. The molecule has 5 nitrogen and oxygen atoms in total. The van der Waals surface area contributed by atoms with Crippen molar-refractivity contribution >= 4 is 18.3 Å². The molecule has 3 aliphatic rings. The fourth-order valence-electron chi connectivity index (χ4n) is 4.97. The third-order valence-electron chi connectivity index (χ3n) is 6.37. The van der Waals surface area contributed by atoms with E-state index in [9.17, 15) is 4.79 Å². The molecule has 1 N–H and O–H groups in total. The summed E-state index contributed by atoms with van der Waals surface area (Å²) < 4.78 is 11.7.